The summed E-state index contributed by atoms with van der Waals surface area (Å²) in [7, 11) is 1.71. The Labute approximate surface area is 173 Å². The quantitative estimate of drug-likeness (QED) is 0.324. The highest BCUT2D eigenvalue weighted by Crippen LogP contribution is 2.19. The minimum absolute atomic E-state index is 0.00245. The molecule has 2 aromatic rings. The van der Waals surface area contributed by atoms with Crippen molar-refractivity contribution in [3.63, 3.8) is 0 Å². The largest absolute Gasteiger partial charge is 0.478 e. The molecule has 0 aliphatic heterocycles. The van der Waals surface area contributed by atoms with Crippen molar-refractivity contribution in [1.82, 2.24) is 10.4 Å². The van der Waals surface area contributed by atoms with Crippen LogP contribution in [0.1, 0.15) is 41.0 Å². The van der Waals surface area contributed by atoms with Gasteiger partial charge in [-0.3, -0.25) is 0 Å². The third-order valence-electron chi connectivity index (χ3n) is 4.09. The van der Waals surface area contributed by atoms with E-state index in [1.165, 1.54) is 24.3 Å². The van der Waals surface area contributed by atoms with E-state index in [1.54, 1.807) is 49.2 Å². The molecule has 2 rings (SSSR count). The summed E-state index contributed by atoms with van der Waals surface area (Å²) in [4.78, 5) is 35.1. The average molecular weight is 413 g/mol. The van der Waals surface area contributed by atoms with Crippen molar-refractivity contribution in [2.45, 2.75) is 20.3 Å². The fourth-order valence-electron chi connectivity index (χ4n) is 2.49. The zero-order valence-electron chi connectivity index (χ0n) is 16.8. The zero-order chi connectivity index (χ0) is 22.1. The van der Waals surface area contributed by atoms with Crippen LogP contribution < -0.4 is 15.2 Å². The highest BCUT2D eigenvalue weighted by molar-refractivity contribution is 5.91. The Morgan fingerprint density at radius 1 is 1.03 bits per heavy atom. The number of carboxylic acids is 2. The molecule has 3 N–H and O–H groups in total. The molecule has 9 heteroatoms. The van der Waals surface area contributed by atoms with Gasteiger partial charge in [0.15, 0.2) is 11.5 Å². The Morgan fingerprint density at radius 3 is 2.10 bits per heavy atom. The molecule has 158 valence electrons. The molecule has 0 saturated carbocycles. The van der Waals surface area contributed by atoms with Crippen LogP contribution in [0.5, 0.6) is 11.5 Å². The summed E-state index contributed by atoms with van der Waals surface area (Å²) in [6.45, 7) is 3.62. The molecule has 0 aromatic heterocycles. The Bertz CT molecular complexity index is 971. The van der Waals surface area contributed by atoms with Gasteiger partial charge in [-0.05, 0) is 37.3 Å². The highest BCUT2D eigenvalue weighted by atomic mass is 16.7. The van der Waals surface area contributed by atoms with Crippen LogP contribution in [0, 0.1) is 0 Å². The number of nitrogens with one attached hydrogen (secondary N) is 1. The second-order valence-electron chi connectivity index (χ2n) is 5.99. The lowest BCUT2D eigenvalue weighted by Gasteiger charge is -2.24. The van der Waals surface area contributed by atoms with E-state index in [2.05, 4.69) is 10.6 Å². The number of hydrogen-bond donors (Lipinski definition) is 3. The topological polar surface area (TPSA) is 121 Å². The summed E-state index contributed by atoms with van der Waals surface area (Å²) in [6, 6.07) is 12.4. The van der Waals surface area contributed by atoms with Crippen molar-refractivity contribution in [3.05, 3.63) is 71.6 Å². The summed E-state index contributed by atoms with van der Waals surface area (Å²) < 4.78 is 0. The first-order valence-electron chi connectivity index (χ1n) is 9.10. The van der Waals surface area contributed by atoms with Crippen LogP contribution >= 0.6 is 0 Å². The number of hydroxylamine groups is 1. The van der Waals surface area contributed by atoms with Gasteiger partial charge in [0.2, 0.25) is 0 Å². The lowest BCUT2D eigenvalue weighted by Crippen LogP contribution is -2.35. The van der Waals surface area contributed by atoms with Crippen LogP contribution in [0.25, 0.3) is 0 Å². The first-order chi connectivity index (χ1) is 14.4. The zero-order valence-corrected chi connectivity index (χ0v) is 16.8. The lowest BCUT2D eigenvalue weighted by molar-refractivity contribution is 0.0679. The van der Waals surface area contributed by atoms with E-state index in [-0.39, 0.29) is 22.6 Å². The maximum Gasteiger partial charge on any atom is 0.339 e. The molecular formula is C21H23N3O6. The number of amidine groups is 1. The maximum absolute atomic E-state index is 11.3. The van der Waals surface area contributed by atoms with Crippen molar-refractivity contribution in [1.29, 1.82) is 0 Å². The van der Waals surface area contributed by atoms with Crippen molar-refractivity contribution in [2.24, 2.45) is 5.16 Å². The van der Waals surface area contributed by atoms with Gasteiger partial charge < -0.3 is 24.8 Å². The van der Waals surface area contributed by atoms with Gasteiger partial charge in [0.1, 0.15) is 22.8 Å². The van der Waals surface area contributed by atoms with E-state index in [0.717, 1.165) is 0 Å². The van der Waals surface area contributed by atoms with Crippen molar-refractivity contribution < 1.29 is 29.5 Å². The standard InChI is InChI=1S/C21H23N3O6/c1-4-18(22-29-16-12-8-6-10-14(16)20(25)26)24(3)19(5-2)23-30-17-13-9-7-11-15(17)21(27)28/h4,6-13,22H,5H2,1-3H3,(H,25,26)(H,27,28). The predicted octanol–water partition coefficient (Wildman–Crippen LogP) is 3.56. The van der Waals surface area contributed by atoms with E-state index < -0.39 is 11.9 Å². The molecule has 30 heavy (non-hydrogen) atoms. The van der Waals surface area contributed by atoms with Crippen LogP contribution in [0.3, 0.4) is 0 Å². The molecule has 0 fully saturated rings. The Kier molecular flexibility index (Phi) is 7.81. The van der Waals surface area contributed by atoms with Crippen LogP contribution in [-0.2, 0) is 0 Å². The minimum Gasteiger partial charge on any atom is -0.478 e. The lowest BCUT2D eigenvalue weighted by atomic mass is 10.2. The first-order valence-corrected chi connectivity index (χ1v) is 9.10. The fraction of sp³-hybridized carbons (Fsp3) is 0.190. The number of carbonyl (C=O) groups is 2. The number of nitrogens with zero attached hydrogens (tertiary/aromatic N) is 2. The minimum atomic E-state index is -1.12. The summed E-state index contributed by atoms with van der Waals surface area (Å²) in [5, 5.41) is 22.6. The van der Waals surface area contributed by atoms with E-state index in [0.29, 0.717) is 18.1 Å². The number of rotatable bonds is 9. The number of hydrogen-bond acceptors (Lipinski definition) is 6. The summed E-state index contributed by atoms with van der Waals surface area (Å²) in [5.74, 6) is -1.00. The van der Waals surface area contributed by atoms with Gasteiger partial charge in [0, 0.05) is 13.5 Å². The van der Waals surface area contributed by atoms with Gasteiger partial charge in [-0.1, -0.05) is 36.3 Å². The van der Waals surface area contributed by atoms with E-state index >= 15 is 0 Å². The van der Waals surface area contributed by atoms with Gasteiger partial charge in [-0.25, -0.2) is 15.1 Å². The number of oxime groups is 1. The Balaban J connectivity index is 2.15. The molecule has 0 saturated heterocycles. The van der Waals surface area contributed by atoms with Crippen molar-refractivity contribution >= 4 is 17.8 Å². The van der Waals surface area contributed by atoms with Crippen LogP contribution in [0.4, 0.5) is 0 Å². The number of carboxylic acid groups (broad SMARTS) is 2. The molecule has 2 aromatic carbocycles. The van der Waals surface area contributed by atoms with Crippen molar-refractivity contribution in [2.75, 3.05) is 7.05 Å². The number of allylic oxidation sites excluding steroid dienone is 1. The van der Waals surface area contributed by atoms with Gasteiger partial charge in [0.25, 0.3) is 0 Å². The van der Waals surface area contributed by atoms with Crippen LogP contribution in [0.2, 0.25) is 0 Å². The molecule has 0 unspecified atom stereocenters. The molecule has 9 nitrogen and oxygen atoms in total. The SMILES string of the molecule is CC=C(NOc1ccccc1C(=O)O)N(C)C(CC)=NOc1ccccc1C(=O)O. The third-order valence-corrected chi connectivity index (χ3v) is 4.09. The molecule has 0 amide bonds. The van der Waals surface area contributed by atoms with Crippen molar-refractivity contribution in [3.8, 4) is 11.5 Å². The number of para-hydroxylation sites is 2. The molecule has 0 aliphatic carbocycles. The van der Waals surface area contributed by atoms with Crippen LogP contribution in [0.15, 0.2) is 65.6 Å². The Hall–Kier alpha value is -4.01. The highest BCUT2D eigenvalue weighted by Gasteiger charge is 2.15. The summed E-state index contributed by atoms with van der Waals surface area (Å²) in [5.41, 5.74) is 2.73. The molecule has 0 bridgehead atoms. The maximum atomic E-state index is 11.3. The third kappa shape index (κ3) is 5.51. The van der Waals surface area contributed by atoms with E-state index in [9.17, 15) is 19.8 Å². The second-order valence-corrected chi connectivity index (χ2v) is 5.99. The fourth-order valence-corrected chi connectivity index (χ4v) is 2.49. The molecule has 0 heterocycles. The van der Waals surface area contributed by atoms with E-state index in [4.69, 9.17) is 9.68 Å². The molecule has 0 spiro atoms. The first kappa shape index (κ1) is 22.3. The molecular weight excluding hydrogens is 390 g/mol. The Morgan fingerprint density at radius 2 is 1.57 bits per heavy atom. The average Bonchev–Trinajstić information content (AvgIpc) is 2.75. The smallest absolute Gasteiger partial charge is 0.339 e. The number of aromatic carboxylic acids is 2. The normalized spacial score (nSPS) is 11.6. The van der Waals surface area contributed by atoms with E-state index in [1.807, 2.05) is 6.92 Å². The summed E-state index contributed by atoms with van der Waals surface area (Å²) in [6.07, 6.45) is 2.18. The van der Waals surface area contributed by atoms with Gasteiger partial charge in [-0.2, -0.15) is 0 Å². The van der Waals surface area contributed by atoms with Gasteiger partial charge in [-0.15, -0.1) is 0 Å². The predicted molar refractivity (Wildman–Crippen MR) is 110 cm³/mol. The molecule has 0 radical (unpaired) electrons. The van der Waals surface area contributed by atoms with Crippen LogP contribution in [-0.4, -0.2) is 39.9 Å². The molecule has 0 atom stereocenters. The number of benzene rings is 2. The van der Waals surface area contributed by atoms with Gasteiger partial charge in [0.05, 0.1) is 0 Å². The molecule has 0 aliphatic rings. The summed E-state index contributed by atoms with van der Waals surface area (Å²) >= 11 is 0. The second kappa shape index (κ2) is 10.5. The van der Waals surface area contributed by atoms with Gasteiger partial charge >= 0.3 is 11.9 Å². The monoisotopic (exact) mass is 413 g/mol.